The van der Waals surface area contributed by atoms with Crippen molar-refractivity contribution in [2.24, 2.45) is 5.73 Å². The molecule has 0 bridgehead atoms. The Morgan fingerprint density at radius 1 is 1.67 bits per heavy atom. The number of esters is 1. The van der Waals surface area contributed by atoms with Crippen molar-refractivity contribution in [1.29, 1.82) is 0 Å². The molecule has 1 saturated carbocycles. The zero-order valence-corrected chi connectivity index (χ0v) is 7.38. The second-order valence-corrected chi connectivity index (χ2v) is 3.06. The maximum absolute atomic E-state index is 10.9. The lowest BCUT2D eigenvalue weighted by Crippen LogP contribution is -2.37. The molecule has 12 heavy (non-hydrogen) atoms. The Morgan fingerprint density at radius 2 is 2.42 bits per heavy atom. The molecule has 0 amide bonds. The van der Waals surface area contributed by atoms with Gasteiger partial charge in [-0.2, -0.15) is 0 Å². The van der Waals surface area contributed by atoms with Gasteiger partial charge in [-0.15, -0.1) is 0 Å². The largest absolute Gasteiger partial charge is 0.460 e. The van der Waals surface area contributed by atoms with Crippen LogP contribution in [0.1, 0.15) is 19.3 Å². The summed E-state index contributed by atoms with van der Waals surface area (Å²) in [6.45, 7) is -0.0209. The SMILES string of the molecule is CNC1CCCC1OC(=O)CN. The van der Waals surface area contributed by atoms with E-state index in [1.54, 1.807) is 0 Å². The van der Waals surface area contributed by atoms with Crippen molar-refractivity contribution in [1.82, 2.24) is 5.32 Å². The fraction of sp³-hybridized carbons (Fsp3) is 0.875. The van der Waals surface area contributed by atoms with Crippen molar-refractivity contribution < 1.29 is 9.53 Å². The van der Waals surface area contributed by atoms with Crippen LogP contribution in [0.15, 0.2) is 0 Å². The number of hydrogen-bond donors (Lipinski definition) is 2. The molecule has 0 saturated heterocycles. The fourth-order valence-corrected chi connectivity index (χ4v) is 1.61. The molecule has 0 spiro atoms. The van der Waals surface area contributed by atoms with Crippen LogP contribution < -0.4 is 11.1 Å². The Labute approximate surface area is 72.5 Å². The van der Waals surface area contributed by atoms with E-state index >= 15 is 0 Å². The van der Waals surface area contributed by atoms with Crippen molar-refractivity contribution in [2.75, 3.05) is 13.6 Å². The summed E-state index contributed by atoms with van der Waals surface area (Å²) in [5.74, 6) is -0.304. The smallest absolute Gasteiger partial charge is 0.320 e. The summed E-state index contributed by atoms with van der Waals surface area (Å²) in [4.78, 5) is 10.9. The molecule has 1 aliphatic carbocycles. The highest BCUT2D eigenvalue weighted by Crippen LogP contribution is 2.21. The average Bonchev–Trinajstić information content (AvgIpc) is 2.51. The second kappa shape index (κ2) is 4.42. The van der Waals surface area contributed by atoms with Crippen LogP contribution in [-0.2, 0) is 9.53 Å². The van der Waals surface area contributed by atoms with Crippen molar-refractivity contribution in [2.45, 2.75) is 31.4 Å². The molecule has 2 atom stereocenters. The third-order valence-corrected chi connectivity index (χ3v) is 2.27. The maximum Gasteiger partial charge on any atom is 0.320 e. The summed E-state index contributed by atoms with van der Waals surface area (Å²) >= 11 is 0. The predicted molar refractivity (Wildman–Crippen MR) is 45.6 cm³/mol. The van der Waals surface area contributed by atoms with Gasteiger partial charge in [0.25, 0.3) is 0 Å². The van der Waals surface area contributed by atoms with E-state index < -0.39 is 0 Å². The Balaban J connectivity index is 2.35. The summed E-state index contributed by atoms with van der Waals surface area (Å²) in [5, 5.41) is 3.13. The van der Waals surface area contributed by atoms with Crippen LogP contribution in [0.2, 0.25) is 0 Å². The average molecular weight is 172 g/mol. The van der Waals surface area contributed by atoms with Crippen LogP contribution >= 0.6 is 0 Å². The van der Waals surface area contributed by atoms with Gasteiger partial charge in [-0.25, -0.2) is 0 Å². The maximum atomic E-state index is 10.9. The monoisotopic (exact) mass is 172 g/mol. The zero-order valence-electron chi connectivity index (χ0n) is 7.38. The van der Waals surface area contributed by atoms with E-state index in [1.165, 1.54) is 0 Å². The first-order valence-electron chi connectivity index (χ1n) is 4.34. The Kier molecular flexibility index (Phi) is 3.49. The van der Waals surface area contributed by atoms with Crippen LogP contribution in [0.4, 0.5) is 0 Å². The van der Waals surface area contributed by atoms with Gasteiger partial charge >= 0.3 is 5.97 Å². The van der Waals surface area contributed by atoms with E-state index in [1.807, 2.05) is 7.05 Å². The molecule has 4 nitrogen and oxygen atoms in total. The van der Waals surface area contributed by atoms with Gasteiger partial charge in [-0.3, -0.25) is 4.79 Å². The first kappa shape index (κ1) is 9.48. The normalized spacial score (nSPS) is 28.8. The third kappa shape index (κ3) is 2.19. The van der Waals surface area contributed by atoms with Crippen molar-refractivity contribution in [3.8, 4) is 0 Å². The van der Waals surface area contributed by atoms with Gasteiger partial charge in [0.15, 0.2) is 0 Å². The van der Waals surface area contributed by atoms with Crippen LogP contribution in [0.25, 0.3) is 0 Å². The molecule has 70 valence electrons. The first-order chi connectivity index (χ1) is 5.77. The lowest BCUT2D eigenvalue weighted by atomic mass is 10.2. The number of ether oxygens (including phenoxy) is 1. The molecule has 0 aromatic carbocycles. The number of nitrogens with two attached hydrogens (primary N) is 1. The summed E-state index contributed by atoms with van der Waals surface area (Å²) in [6, 6.07) is 0.320. The first-order valence-corrected chi connectivity index (χ1v) is 4.34. The molecular formula is C8H16N2O2. The quantitative estimate of drug-likeness (QED) is 0.570. The minimum absolute atomic E-state index is 0.0209. The standard InChI is InChI=1S/C8H16N2O2/c1-10-6-3-2-4-7(6)12-8(11)5-9/h6-7,10H,2-5,9H2,1H3. The third-order valence-electron chi connectivity index (χ3n) is 2.27. The van der Waals surface area contributed by atoms with Crippen molar-refractivity contribution in [3.63, 3.8) is 0 Å². The van der Waals surface area contributed by atoms with E-state index in [0.29, 0.717) is 6.04 Å². The van der Waals surface area contributed by atoms with Gasteiger partial charge in [0, 0.05) is 6.04 Å². The molecule has 0 aromatic heterocycles. The van der Waals surface area contributed by atoms with Crippen LogP contribution in [0.3, 0.4) is 0 Å². The lowest BCUT2D eigenvalue weighted by molar-refractivity contribution is -0.147. The molecule has 4 heteroatoms. The molecule has 0 aromatic rings. The summed E-state index contributed by atoms with van der Waals surface area (Å²) in [7, 11) is 1.89. The molecule has 3 N–H and O–H groups in total. The predicted octanol–water partition coefficient (Wildman–Crippen LogP) is -0.371. The Bertz CT molecular complexity index is 161. The molecule has 0 heterocycles. The highest BCUT2D eigenvalue weighted by atomic mass is 16.5. The summed E-state index contributed by atoms with van der Waals surface area (Å²) in [5.41, 5.74) is 5.14. The number of carbonyl (C=O) groups excluding carboxylic acids is 1. The topological polar surface area (TPSA) is 64.3 Å². The summed E-state index contributed by atoms with van der Waals surface area (Å²) in [6.07, 6.45) is 3.19. The van der Waals surface area contributed by atoms with E-state index in [9.17, 15) is 4.79 Å². The molecule has 1 aliphatic rings. The molecule has 2 unspecified atom stereocenters. The number of nitrogens with one attached hydrogen (secondary N) is 1. The van der Waals surface area contributed by atoms with E-state index in [0.717, 1.165) is 19.3 Å². The van der Waals surface area contributed by atoms with Gasteiger partial charge in [-0.1, -0.05) is 0 Å². The van der Waals surface area contributed by atoms with Crippen LogP contribution in [0, 0.1) is 0 Å². The second-order valence-electron chi connectivity index (χ2n) is 3.06. The Hall–Kier alpha value is -0.610. The Morgan fingerprint density at radius 3 is 3.00 bits per heavy atom. The number of carbonyl (C=O) groups is 1. The minimum atomic E-state index is -0.304. The van der Waals surface area contributed by atoms with Crippen molar-refractivity contribution >= 4 is 5.97 Å². The lowest BCUT2D eigenvalue weighted by Gasteiger charge is -2.18. The van der Waals surface area contributed by atoms with E-state index in [4.69, 9.17) is 10.5 Å². The molecule has 0 aliphatic heterocycles. The van der Waals surface area contributed by atoms with Gasteiger partial charge < -0.3 is 15.8 Å². The zero-order chi connectivity index (χ0) is 8.97. The molecule has 0 radical (unpaired) electrons. The van der Waals surface area contributed by atoms with Gasteiger partial charge in [0.1, 0.15) is 6.10 Å². The molecule has 1 fully saturated rings. The van der Waals surface area contributed by atoms with E-state index in [2.05, 4.69) is 5.32 Å². The molecule has 1 rings (SSSR count). The van der Waals surface area contributed by atoms with Gasteiger partial charge in [0.05, 0.1) is 6.54 Å². The number of hydrogen-bond acceptors (Lipinski definition) is 4. The van der Waals surface area contributed by atoms with Gasteiger partial charge in [0.2, 0.25) is 0 Å². The van der Waals surface area contributed by atoms with Crippen LogP contribution in [-0.4, -0.2) is 31.7 Å². The number of rotatable bonds is 3. The summed E-state index contributed by atoms with van der Waals surface area (Å²) < 4.78 is 5.14. The fourth-order valence-electron chi connectivity index (χ4n) is 1.61. The van der Waals surface area contributed by atoms with Crippen molar-refractivity contribution in [3.05, 3.63) is 0 Å². The van der Waals surface area contributed by atoms with Crippen LogP contribution in [0.5, 0.6) is 0 Å². The molecular weight excluding hydrogens is 156 g/mol. The van der Waals surface area contributed by atoms with Gasteiger partial charge in [-0.05, 0) is 26.3 Å². The minimum Gasteiger partial charge on any atom is -0.460 e. The number of likely N-dealkylation sites (N-methyl/N-ethyl adjacent to an activating group) is 1. The van der Waals surface area contributed by atoms with E-state index in [-0.39, 0.29) is 18.6 Å². The highest BCUT2D eigenvalue weighted by Gasteiger charge is 2.28. The highest BCUT2D eigenvalue weighted by molar-refractivity contribution is 5.71.